The topological polar surface area (TPSA) is 82.5 Å². The normalized spacial score (nSPS) is 19.1. The number of carbonyl (C=O) groups excluding carboxylic acids is 1. The van der Waals surface area contributed by atoms with Crippen LogP contribution in [0.15, 0.2) is 24.3 Å². The molecule has 8 heteroatoms. The number of carboxylic acid groups (broad SMARTS) is 1. The molecule has 1 atom stereocenters. The number of anilines is 1. The van der Waals surface area contributed by atoms with E-state index < -0.39 is 5.97 Å². The summed E-state index contributed by atoms with van der Waals surface area (Å²) in [7, 11) is 0. The summed E-state index contributed by atoms with van der Waals surface area (Å²) in [5, 5.41) is 14.2. The highest BCUT2D eigenvalue weighted by Crippen LogP contribution is 2.39. The molecule has 30 heavy (non-hydrogen) atoms. The molecule has 1 aliphatic carbocycles. The second kappa shape index (κ2) is 8.09. The van der Waals surface area contributed by atoms with Gasteiger partial charge in [0.05, 0.1) is 28.4 Å². The van der Waals surface area contributed by atoms with E-state index in [2.05, 4.69) is 16.3 Å². The predicted octanol–water partition coefficient (Wildman–Crippen LogP) is 4.71. The van der Waals surface area contributed by atoms with Crippen LogP contribution in [0.4, 0.5) is 5.00 Å². The van der Waals surface area contributed by atoms with Gasteiger partial charge in [-0.15, -0.1) is 22.7 Å². The second-order valence-electron chi connectivity index (χ2n) is 7.92. The van der Waals surface area contributed by atoms with E-state index in [-0.39, 0.29) is 18.5 Å². The SMILES string of the molecule is O=C(CN1CCC[C@H]1c1nc2ccccc2s1)Nc1sc2c(c1C(=O)O)CCCC2. The van der Waals surface area contributed by atoms with Gasteiger partial charge in [-0.3, -0.25) is 9.69 Å². The van der Waals surface area contributed by atoms with Crippen LogP contribution < -0.4 is 5.32 Å². The number of benzene rings is 1. The van der Waals surface area contributed by atoms with E-state index in [4.69, 9.17) is 4.98 Å². The Morgan fingerprint density at radius 3 is 2.83 bits per heavy atom. The van der Waals surface area contributed by atoms with Gasteiger partial charge >= 0.3 is 5.97 Å². The van der Waals surface area contributed by atoms with E-state index in [0.29, 0.717) is 10.6 Å². The predicted molar refractivity (Wildman–Crippen MR) is 120 cm³/mol. The first-order valence-corrected chi connectivity index (χ1v) is 12.0. The molecule has 6 nitrogen and oxygen atoms in total. The fraction of sp³-hybridized carbons (Fsp3) is 0.409. The number of carbonyl (C=O) groups is 2. The van der Waals surface area contributed by atoms with Crippen molar-refractivity contribution in [3.8, 4) is 0 Å². The Hall–Kier alpha value is -2.29. The number of carboxylic acids is 1. The Morgan fingerprint density at radius 1 is 1.17 bits per heavy atom. The number of hydrogen-bond acceptors (Lipinski definition) is 6. The molecule has 0 radical (unpaired) electrons. The van der Waals surface area contributed by atoms with Crippen molar-refractivity contribution in [1.82, 2.24) is 9.88 Å². The molecule has 2 N–H and O–H groups in total. The average molecular weight is 442 g/mol. The summed E-state index contributed by atoms with van der Waals surface area (Å²) in [6.07, 6.45) is 5.80. The highest BCUT2D eigenvalue weighted by Gasteiger charge is 2.31. The lowest BCUT2D eigenvalue weighted by molar-refractivity contribution is -0.117. The molecule has 3 heterocycles. The molecular weight excluding hydrogens is 418 g/mol. The van der Waals surface area contributed by atoms with Crippen LogP contribution in [0.2, 0.25) is 0 Å². The quantitative estimate of drug-likeness (QED) is 0.599. The number of nitrogens with zero attached hydrogens (tertiary/aromatic N) is 2. The molecule has 1 saturated heterocycles. The first kappa shape index (κ1) is 19.7. The minimum Gasteiger partial charge on any atom is -0.478 e. The van der Waals surface area contributed by atoms with Gasteiger partial charge in [0.25, 0.3) is 0 Å². The number of thiazole rings is 1. The monoisotopic (exact) mass is 441 g/mol. The van der Waals surface area contributed by atoms with Crippen LogP contribution in [0.3, 0.4) is 0 Å². The molecule has 1 amide bonds. The minimum absolute atomic E-state index is 0.142. The molecule has 1 aromatic carbocycles. The van der Waals surface area contributed by atoms with Crippen LogP contribution >= 0.6 is 22.7 Å². The zero-order valence-corrected chi connectivity index (χ0v) is 18.2. The molecule has 2 aromatic heterocycles. The van der Waals surface area contributed by atoms with E-state index in [1.807, 2.05) is 18.2 Å². The van der Waals surface area contributed by atoms with Crippen LogP contribution in [0.25, 0.3) is 10.2 Å². The number of rotatable bonds is 5. The number of fused-ring (bicyclic) bond motifs is 2. The van der Waals surface area contributed by atoms with Gasteiger partial charge < -0.3 is 10.4 Å². The maximum atomic E-state index is 12.8. The molecule has 3 aromatic rings. The van der Waals surface area contributed by atoms with Gasteiger partial charge in [-0.1, -0.05) is 12.1 Å². The number of aryl methyl sites for hydroxylation is 1. The largest absolute Gasteiger partial charge is 0.478 e. The number of aromatic nitrogens is 1. The maximum Gasteiger partial charge on any atom is 0.339 e. The second-order valence-corrected chi connectivity index (χ2v) is 10.1. The summed E-state index contributed by atoms with van der Waals surface area (Å²) < 4.78 is 1.17. The molecule has 1 aliphatic heterocycles. The lowest BCUT2D eigenvalue weighted by Crippen LogP contribution is -2.33. The number of nitrogens with one attached hydrogen (secondary N) is 1. The third-order valence-electron chi connectivity index (χ3n) is 5.94. The molecule has 1 fully saturated rings. The Bertz CT molecular complexity index is 1090. The van der Waals surface area contributed by atoms with Crippen molar-refractivity contribution in [2.75, 3.05) is 18.4 Å². The first-order valence-electron chi connectivity index (χ1n) is 10.4. The molecule has 156 valence electrons. The number of thiophene rings is 1. The van der Waals surface area contributed by atoms with Crippen molar-refractivity contribution in [3.05, 3.63) is 45.3 Å². The Balaban J connectivity index is 1.33. The van der Waals surface area contributed by atoms with E-state index in [0.717, 1.165) is 66.0 Å². The van der Waals surface area contributed by atoms with Crippen molar-refractivity contribution < 1.29 is 14.7 Å². The number of likely N-dealkylation sites (tertiary alicyclic amines) is 1. The molecule has 5 rings (SSSR count). The lowest BCUT2D eigenvalue weighted by Gasteiger charge is -2.21. The standard InChI is InChI=1S/C22H23N3O3S2/c26-18(24-21-19(22(27)28)13-6-1-3-9-16(13)29-21)12-25-11-5-8-15(25)20-23-14-7-2-4-10-17(14)30-20/h2,4,7,10,15H,1,3,5-6,8-9,11-12H2,(H,24,26)(H,27,28)/t15-/m0/s1. The van der Waals surface area contributed by atoms with E-state index in [9.17, 15) is 14.7 Å². The zero-order chi connectivity index (χ0) is 20.7. The molecule has 2 aliphatic rings. The van der Waals surface area contributed by atoms with Crippen molar-refractivity contribution in [1.29, 1.82) is 0 Å². The van der Waals surface area contributed by atoms with Gasteiger partial charge in [0.15, 0.2) is 0 Å². The average Bonchev–Trinajstić information content (AvgIpc) is 3.43. The maximum absolute atomic E-state index is 12.8. The van der Waals surface area contributed by atoms with Crippen molar-refractivity contribution >= 4 is 49.8 Å². The van der Waals surface area contributed by atoms with Crippen LogP contribution in [0.5, 0.6) is 0 Å². The Labute approximate surface area is 182 Å². The van der Waals surface area contributed by atoms with Gasteiger partial charge in [-0.25, -0.2) is 9.78 Å². The highest BCUT2D eigenvalue weighted by molar-refractivity contribution is 7.18. The Morgan fingerprint density at radius 2 is 2.00 bits per heavy atom. The fourth-order valence-electron chi connectivity index (χ4n) is 4.56. The number of amides is 1. The first-order chi connectivity index (χ1) is 14.6. The smallest absolute Gasteiger partial charge is 0.339 e. The lowest BCUT2D eigenvalue weighted by atomic mass is 9.95. The molecular formula is C22H23N3O3S2. The third kappa shape index (κ3) is 3.64. The van der Waals surface area contributed by atoms with Gasteiger partial charge in [0.2, 0.25) is 5.91 Å². The van der Waals surface area contributed by atoms with Gasteiger partial charge in [-0.05, 0) is 62.8 Å². The number of para-hydroxylation sites is 1. The summed E-state index contributed by atoms with van der Waals surface area (Å²) in [5.74, 6) is -1.10. The molecule has 0 unspecified atom stereocenters. The van der Waals surface area contributed by atoms with E-state index >= 15 is 0 Å². The summed E-state index contributed by atoms with van der Waals surface area (Å²) in [6, 6.07) is 8.25. The minimum atomic E-state index is -0.946. The molecule has 0 spiro atoms. The third-order valence-corrected chi connectivity index (χ3v) is 8.29. The molecule has 0 saturated carbocycles. The van der Waals surface area contributed by atoms with E-state index in [1.165, 1.54) is 16.0 Å². The summed E-state index contributed by atoms with van der Waals surface area (Å²) in [6.45, 7) is 1.10. The molecule has 0 bridgehead atoms. The fourth-order valence-corrected chi connectivity index (χ4v) is 6.99. The number of aromatic carboxylic acids is 1. The van der Waals surface area contributed by atoms with E-state index in [1.54, 1.807) is 11.3 Å². The van der Waals surface area contributed by atoms with Crippen LogP contribution in [0, 0.1) is 0 Å². The number of hydrogen-bond donors (Lipinski definition) is 2. The Kier molecular flexibility index (Phi) is 5.30. The van der Waals surface area contributed by atoms with Crippen molar-refractivity contribution in [2.45, 2.75) is 44.6 Å². The summed E-state index contributed by atoms with van der Waals surface area (Å²) in [4.78, 5) is 32.8. The summed E-state index contributed by atoms with van der Waals surface area (Å²) in [5.41, 5.74) is 2.22. The highest BCUT2D eigenvalue weighted by atomic mass is 32.1. The van der Waals surface area contributed by atoms with Gasteiger partial charge in [-0.2, -0.15) is 0 Å². The van der Waals surface area contributed by atoms with Gasteiger partial charge in [0, 0.05) is 4.88 Å². The zero-order valence-electron chi connectivity index (χ0n) is 16.5. The summed E-state index contributed by atoms with van der Waals surface area (Å²) >= 11 is 3.13. The van der Waals surface area contributed by atoms with Crippen LogP contribution in [-0.4, -0.2) is 40.0 Å². The van der Waals surface area contributed by atoms with Crippen LogP contribution in [-0.2, 0) is 17.6 Å². The van der Waals surface area contributed by atoms with Crippen molar-refractivity contribution in [2.24, 2.45) is 0 Å². The van der Waals surface area contributed by atoms with Crippen molar-refractivity contribution in [3.63, 3.8) is 0 Å². The van der Waals surface area contributed by atoms with Gasteiger partial charge in [0.1, 0.15) is 10.0 Å². The van der Waals surface area contributed by atoms with Crippen LogP contribution in [0.1, 0.15) is 57.5 Å².